The number of nitrogens with zero attached hydrogens (tertiary/aromatic N) is 4. The first-order valence-electron chi connectivity index (χ1n) is 38.3. The third kappa shape index (κ3) is 10.4. The monoisotopic (exact) mass is 1390 g/mol. The zero-order chi connectivity index (χ0) is 73.7. The van der Waals surface area contributed by atoms with Crippen LogP contribution in [0, 0.1) is 83.1 Å². The average Bonchev–Trinajstić information content (AvgIpc) is 0.682. The molecule has 0 saturated heterocycles. The van der Waals surface area contributed by atoms with Gasteiger partial charge in [0.05, 0.1) is 0 Å². The zero-order valence-electron chi connectivity index (χ0n) is 63.7. The Morgan fingerprint density at radius 1 is 0.167 bits per heavy atom. The molecule has 518 valence electrons. The predicted molar refractivity (Wildman–Crippen MR) is 464 cm³/mol. The molecule has 15 aromatic rings. The summed E-state index contributed by atoms with van der Waals surface area (Å²) in [5.74, 6) is 0. The highest BCUT2D eigenvalue weighted by Gasteiger charge is 2.49. The topological polar surface area (TPSA) is 13.0 Å². The van der Waals surface area contributed by atoms with E-state index in [1.165, 1.54) is 189 Å². The molecule has 0 unspecified atom stereocenters. The molecule has 6 heteroatoms. The van der Waals surface area contributed by atoms with Crippen LogP contribution in [0.2, 0.25) is 0 Å². The van der Waals surface area contributed by atoms with Crippen molar-refractivity contribution in [1.82, 2.24) is 0 Å². The molecular weight excluding hydrogens is 1300 g/mol. The summed E-state index contributed by atoms with van der Waals surface area (Å²) in [6.45, 7) is 26.8. The van der Waals surface area contributed by atoms with Gasteiger partial charge in [0.1, 0.15) is 0 Å². The number of fused-ring (bicyclic) bond motifs is 8. The van der Waals surface area contributed by atoms with Crippen LogP contribution < -0.4 is 52.4 Å². The third-order valence-electron chi connectivity index (χ3n) is 24.1. The van der Waals surface area contributed by atoms with E-state index in [4.69, 9.17) is 0 Å². The van der Waals surface area contributed by atoms with Crippen molar-refractivity contribution >= 4 is 114 Å². The van der Waals surface area contributed by atoms with Crippen molar-refractivity contribution in [3.63, 3.8) is 0 Å². The van der Waals surface area contributed by atoms with Crippen molar-refractivity contribution in [2.75, 3.05) is 19.6 Å². The molecular formula is C102H84B2N4. The second-order valence-electron chi connectivity index (χ2n) is 31.0. The minimum atomic E-state index is -0.224. The summed E-state index contributed by atoms with van der Waals surface area (Å²) in [5, 5.41) is 0. The van der Waals surface area contributed by atoms with Gasteiger partial charge in [-0.3, -0.25) is 0 Å². The van der Waals surface area contributed by atoms with Crippen LogP contribution in [-0.4, -0.2) is 13.4 Å². The molecule has 0 radical (unpaired) electrons. The molecule has 15 aromatic carbocycles. The van der Waals surface area contributed by atoms with Crippen molar-refractivity contribution in [1.29, 1.82) is 0 Å². The van der Waals surface area contributed by atoms with Crippen molar-refractivity contribution in [3.8, 4) is 66.8 Å². The molecule has 4 aliphatic rings. The van der Waals surface area contributed by atoms with Gasteiger partial charge >= 0.3 is 0 Å². The lowest BCUT2D eigenvalue weighted by Crippen LogP contribution is -2.65. The number of hydrogen-bond donors (Lipinski definition) is 0. The van der Waals surface area contributed by atoms with E-state index in [1.54, 1.807) is 0 Å². The number of anilines is 12. The van der Waals surface area contributed by atoms with Crippen molar-refractivity contribution in [3.05, 3.63) is 358 Å². The van der Waals surface area contributed by atoms with E-state index in [1.807, 2.05) is 0 Å². The van der Waals surface area contributed by atoms with E-state index in [0.717, 1.165) is 45.5 Å². The van der Waals surface area contributed by atoms with E-state index < -0.39 is 0 Å². The van der Waals surface area contributed by atoms with Gasteiger partial charge < -0.3 is 19.6 Å². The smallest absolute Gasteiger partial charge is 0.252 e. The van der Waals surface area contributed by atoms with Crippen LogP contribution >= 0.6 is 0 Å². The molecule has 4 nitrogen and oxygen atoms in total. The fraction of sp³-hybridized carbons (Fsp3) is 0.118. The second-order valence-corrected chi connectivity index (χ2v) is 31.0. The number of para-hydroxylation sites is 2. The van der Waals surface area contributed by atoms with Gasteiger partial charge in [-0.2, -0.15) is 0 Å². The SMILES string of the molecule is Cc1cccc(C)c1-c1cccc(N2c3cc(-c4c(C)cccc4C)ccc3B3c4cc5c(cc4N(c4ccccc4)c4cc(-c6c(C)cccc6C)cc2c43)N(c2ccccc2)c2cc(-c3c(C)cccc3C)cc3c2B5c2ccc(-c4c(C)cccc4C)cc2N3c2cccc(-c3c(C)cccc3C)c2)c1. The lowest BCUT2D eigenvalue weighted by molar-refractivity contribution is 1.23. The van der Waals surface area contributed by atoms with Crippen LogP contribution in [0.1, 0.15) is 66.8 Å². The number of aryl methyl sites for hydroxylation is 12. The summed E-state index contributed by atoms with van der Waals surface area (Å²) in [7, 11) is 0. The van der Waals surface area contributed by atoms with Gasteiger partial charge in [-0.1, -0.05) is 200 Å². The minimum absolute atomic E-state index is 0.224. The highest BCUT2D eigenvalue weighted by molar-refractivity contribution is 7.03. The largest absolute Gasteiger partial charge is 0.311 e. The average molecular weight is 1390 g/mol. The highest BCUT2D eigenvalue weighted by atomic mass is 15.2. The molecule has 0 aliphatic carbocycles. The molecule has 0 saturated carbocycles. The maximum absolute atomic E-state index is 2.70. The van der Waals surface area contributed by atoms with E-state index in [-0.39, 0.29) is 13.4 Å². The number of benzene rings is 15. The maximum atomic E-state index is 2.70. The molecule has 0 aromatic heterocycles. The Morgan fingerprint density at radius 3 is 0.694 bits per heavy atom. The zero-order valence-corrected chi connectivity index (χ0v) is 63.7. The van der Waals surface area contributed by atoms with E-state index >= 15 is 0 Å². The van der Waals surface area contributed by atoms with Gasteiger partial charge in [0.25, 0.3) is 13.4 Å². The second kappa shape index (κ2) is 25.7. The summed E-state index contributed by atoms with van der Waals surface area (Å²) >= 11 is 0. The lowest BCUT2D eigenvalue weighted by atomic mass is 9.30. The van der Waals surface area contributed by atoms with Crippen molar-refractivity contribution < 1.29 is 0 Å². The van der Waals surface area contributed by atoms with Gasteiger partial charge in [-0.05, 0) is 340 Å². The first kappa shape index (κ1) is 66.3. The van der Waals surface area contributed by atoms with E-state index in [0.29, 0.717) is 0 Å². The Morgan fingerprint density at radius 2 is 0.398 bits per heavy atom. The molecule has 0 fully saturated rings. The minimum Gasteiger partial charge on any atom is -0.311 e. The van der Waals surface area contributed by atoms with Gasteiger partial charge in [-0.15, -0.1) is 0 Å². The summed E-state index contributed by atoms with van der Waals surface area (Å²) in [6.07, 6.45) is 0. The Balaban J connectivity index is 0.956. The highest BCUT2D eigenvalue weighted by Crippen LogP contribution is 2.53. The summed E-state index contributed by atoms with van der Waals surface area (Å²) in [5.41, 5.74) is 51.1. The van der Waals surface area contributed by atoms with Gasteiger partial charge in [0.2, 0.25) is 0 Å². The van der Waals surface area contributed by atoms with E-state index in [9.17, 15) is 0 Å². The predicted octanol–water partition coefficient (Wildman–Crippen LogP) is 23.6. The summed E-state index contributed by atoms with van der Waals surface area (Å²) < 4.78 is 0. The first-order chi connectivity index (χ1) is 52.6. The third-order valence-corrected chi connectivity index (χ3v) is 24.1. The standard InChI is InChI=1S/C102H84B2N4/c1-61-27-19-28-62(2)95(61)73-39-25-45-81(51-73)107-87-53-75(97-65(5)31-21-32-66(97)6)47-49-83(87)103-85-59-86-90(60-89(85)105(79-41-15-13-16-42-79)91-55-77(57-93(107)101(91)103)99-69(9)35-23-36-70(99)10)106(80-43-17-14-18-44-80)92-56-78(100-71(11)37-24-38-72(100)12)58-94-102(92)104(86)84-50-48-76(98-67(7)33-22-34-68(98)8)54-88(84)108(94)82-46-26-40-74(52-82)96-63(3)29-20-30-64(96)4/h13-60H,1-12H3. The molecule has 4 aliphatic heterocycles. The first-order valence-corrected chi connectivity index (χ1v) is 38.3. The Bertz CT molecular complexity index is 5770. The van der Waals surface area contributed by atoms with Crippen molar-refractivity contribution in [2.24, 2.45) is 0 Å². The molecule has 108 heavy (non-hydrogen) atoms. The fourth-order valence-electron chi connectivity index (χ4n) is 19.6. The lowest BCUT2D eigenvalue weighted by Gasteiger charge is -2.47. The van der Waals surface area contributed by atoms with Crippen LogP contribution in [0.3, 0.4) is 0 Å². The van der Waals surface area contributed by atoms with Crippen LogP contribution in [0.15, 0.2) is 291 Å². The van der Waals surface area contributed by atoms with E-state index in [2.05, 4.69) is 394 Å². The molecule has 0 amide bonds. The molecule has 0 spiro atoms. The molecule has 4 heterocycles. The Hall–Kier alpha value is -12.4. The fourth-order valence-corrected chi connectivity index (χ4v) is 19.6. The van der Waals surface area contributed by atoms with Crippen LogP contribution in [-0.2, 0) is 0 Å². The number of hydrogen-bond acceptors (Lipinski definition) is 4. The Labute approximate surface area is 637 Å². The number of rotatable bonds is 10. The van der Waals surface area contributed by atoms with Crippen LogP contribution in [0.25, 0.3) is 66.8 Å². The van der Waals surface area contributed by atoms with Crippen LogP contribution in [0.5, 0.6) is 0 Å². The van der Waals surface area contributed by atoms with Gasteiger partial charge in [0, 0.05) is 68.2 Å². The Kier molecular flexibility index (Phi) is 15.8. The molecule has 0 bridgehead atoms. The normalized spacial score (nSPS) is 12.9. The van der Waals surface area contributed by atoms with Crippen LogP contribution in [0.4, 0.5) is 68.2 Å². The maximum Gasteiger partial charge on any atom is 0.252 e. The molecule has 0 atom stereocenters. The molecule has 0 N–H and O–H groups in total. The quantitative estimate of drug-likeness (QED) is 0.127. The molecule has 19 rings (SSSR count). The summed E-state index contributed by atoms with van der Waals surface area (Å²) in [6, 6.07) is 112. The van der Waals surface area contributed by atoms with Gasteiger partial charge in [-0.25, -0.2) is 0 Å². The van der Waals surface area contributed by atoms with Gasteiger partial charge in [0.15, 0.2) is 0 Å². The summed E-state index contributed by atoms with van der Waals surface area (Å²) in [4.78, 5) is 10.6. The van der Waals surface area contributed by atoms with Crippen molar-refractivity contribution in [2.45, 2.75) is 83.1 Å².